The maximum absolute atomic E-state index is 13.5. The summed E-state index contributed by atoms with van der Waals surface area (Å²) >= 11 is 1.42. The average Bonchev–Trinajstić information content (AvgIpc) is 3.23. The molecule has 0 atom stereocenters. The highest BCUT2D eigenvalue weighted by Gasteiger charge is 2.25. The first-order valence-electron chi connectivity index (χ1n) is 10.7. The molecular weight excluding hydrogens is 460 g/mol. The zero-order valence-electron chi connectivity index (χ0n) is 19.6. The van der Waals surface area contributed by atoms with Gasteiger partial charge in [-0.05, 0) is 50.5 Å². The van der Waals surface area contributed by atoms with Crippen LogP contribution in [0.15, 0.2) is 47.4 Å². The summed E-state index contributed by atoms with van der Waals surface area (Å²) in [5.41, 5.74) is 1.11. The Hall–Kier alpha value is -2.53. The van der Waals surface area contributed by atoms with E-state index in [4.69, 9.17) is 4.74 Å². The van der Waals surface area contributed by atoms with Crippen molar-refractivity contribution in [1.82, 2.24) is 14.2 Å². The molecule has 0 unspecified atom stereocenters. The second kappa shape index (κ2) is 10.6. The van der Waals surface area contributed by atoms with Crippen molar-refractivity contribution in [1.29, 1.82) is 0 Å². The molecule has 0 spiro atoms. The van der Waals surface area contributed by atoms with Gasteiger partial charge in [-0.15, -0.1) is 0 Å². The third-order valence-electron chi connectivity index (χ3n) is 5.28. The first kappa shape index (κ1) is 25.1. The number of hydrogen-bond donors (Lipinski definition) is 0. The number of ether oxygens (including phenoxy) is 1. The summed E-state index contributed by atoms with van der Waals surface area (Å²) in [4.78, 5) is 22.0. The van der Waals surface area contributed by atoms with E-state index in [1.54, 1.807) is 38.0 Å². The number of amides is 1. The molecule has 0 saturated carbocycles. The lowest BCUT2D eigenvalue weighted by atomic mass is 10.2. The van der Waals surface area contributed by atoms with Crippen molar-refractivity contribution in [2.24, 2.45) is 0 Å². The highest BCUT2D eigenvalue weighted by atomic mass is 32.2. The SMILES string of the molecule is CCN(CC)S(=O)(=O)c1ccc(C(=O)N(CCN(C)C)c2nc3c(OC)cccc3s2)cc1. The molecule has 8 nitrogen and oxygen atoms in total. The van der Waals surface area contributed by atoms with Gasteiger partial charge in [0.15, 0.2) is 5.13 Å². The van der Waals surface area contributed by atoms with E-state index in [1.807, 2.05) is 37.2 Å². The molecule has 0 N–H and O–H groups in total. The number of para-hydroxylation sites is 1. The fraction of sp³-hybridized carbons (Fsp3) is 0.391. The summed E-state index contributed by atoms with van der Waals surface area (Å²) in [7, 11) is 1.89. The van der Waals surface area contributed by atoms with Gasteiger partial charge in [0.2, 0.25) is 10.0 Å². The number of nitrogens with zero attached hydrogens (tertiary/aromatic N) is 4. The number of rotatable bonds is 10. The summed E-state index contributed by atoms with van der Waals surface area (Å²) in [5.74, 6) is 0.419. The molecule has 1 amide bonds. The third-order valence-corrected chi connectivity index (χ3v) is 8.39. The van der Waals surface area contributed by atoms with E-state index in [9.17, 15) is 13.2 Å². The molecule has 0 bridgehead atoms. The number of carbonyl (C=O) groups excluding carboxylic acids is 1. The summed E-state index contributed by atoms with van der Waals surface area (Å²) < 4.78 is 33.3. The number of hydrogen-bond acceptors (Lipinski definition) is 7. The van der Waals surface area contributed by atoms with E-state index in [2.05, 4.69) is 4.98 Å². The van der Waals surface area contributed by atoms with Crippen molar-refractivity contribution in [2.45, 2.75) is 18.7 Å². The minimum atomic E-state index is -3.58. The van der Waals surface area contributed by atoms with Crippen molar-refractivity contribution in [3.63, 3.8) is 0 Å². The second-order valence-corrected chi connectivity index (χ2v) is 10.6. The Labute approximate surface area is 199 Å². The normalized spacial score (nSPS) is 12.0. The van der Waals surface area contributed by atoms with Gasteiger partial charge in [0, 0.05) is 31.7 Å². The summed E-state index contributed by atoms with van der Waals surface area (Å²) in [6, 6.07) is 11.8. The Balaban J connectivity index is 1.96. The molecule has 3 aromatic rings. The van der Waals surface area contributed by atoms with Gasteiger partial charge in [-0.1, -0.05) is 31.3 Å². The predicted octanol–water partition coefficient (Wildman–Crippen LogP) is 3.54. The van der Waals surface area contributed by atoms with Gasteiger partial charge in [0.25, 0.3) is 5.91 Å². The molecule has 0 fully saturated rings. The topological polar surface area (TPSA) is 83.1 Å². The van der Waals surface area contributed by atoms with E-state index in [-0.39, 0.29) is 10.8 Å². The van der Waals surface area contributed by atoms with Crippen LogP contribution in [-0.4, -0.2) is 75.9 Å². The molecule has 10 heteroatoms. The Morgan fingerprint density at radius 1 is 1.03 bits per heavy atom. The number of likely N-dealkylation sites (N-methyl/N-ethyl adjacent to an activating group) is 1. The molecule has 3 rings (SSSR count). The molecular formula is C23H30N4O4S2. The number of carbonyl (C=O) groups is 1. The Bertz CT molecular complexity index is 1200. The maximum Gasteiger partial charge on any atom is 0.260 e. The van der Waals surface area contributed by atoms with E-state index in [0.29, 0.717) is 48.1 Å². The zero-order valence-corrected chi connectivity index (χ0v) is 21.2. The third kappa shape index (κ3) is 5.35. The lowest BCUT2D eigenvalue weighted by Gasteiger charge is -2.22. The van der Waals surface area contributed by atoms with Gasteiger partial charge < -0.3 is 9.64 Å². The lowest BCUT2D eigenvalue weighted by molar-refractivity contribution is 0.0985. The Kier molecular flexibility index (Phi) is 8.06. The summed E-state index contributed by atoms with van der Waals surface area (Å²) in [6.45, 7) is 5.46. The van der Waals surface area contributed by atoms with Crippen LogP contribution in [0.25, 0.3) is 10.2 Å². The van der Waals surface area contributed by atoms with Crippen molar-refractivity contribution in [3.8, 4) is 5.75 Å². The highest BCUT2D eigenvalue weighted by molar-refractivity contribution is 7.89. The van der Waals surface area contributed by atoms with Crippen LogP contribution in [0.3, 0.4) is 0 Å². The molecule has 2 aromatic carbocycles. The quantitative estimate of drug-likeness (QED) is 0.432. The van der Waals surface area contributed by atoms with Crippen molar-refractivity contribution >= 4 is 42.6 Å². The average molecular weight is 491 g/mol. The monoisotopic (exact) mass is 490 g/mol. The molecule has 0 saturated heterocycles. The molecule has 0 aliphatic carbocycles. The molecule has 0 radical (unpaired) electrons. The van der Waals surface area contributed by atoms with E-state index in [1.165, 1.54) is 27.8 Å². The number of benzene rings is 2. The molecule has 0 aliphatic heterocycles. The fourth-order valence-corrected chi connectivity index (χ4v) is 5.88. The van der Waals surface area contributed by atoms with Gasteiger partial charge in [-0.25, -0.2) is 13.4 Å². The first-order chi connectivity index (χ1) is 15.7. The Morgan fingerprint density at radius 2 is 1.70 bits per heavy atom. The number of fused-ring (bicyclic) bond motifs is 1. The number of thiazole rings is 1. The van der Waals surface area contributed by atoms with Crippen LogP contribution in [0.2, 0.25) is 0 Å². The molecule has 33 heavy (non-hydrogen) atoms. The minimum absolute atomic E-state index is 0.173. The summed E-state index contributed by atoms with van der Waals surface area (Å²) in [6.07, 6.45) is 0. The molecule has 178 valence electrons. The zero-order chi connectivity index (χ0) is 24.2. The minimum Gasteiger partial charge on any atom is -0.494 e. The number of methoxy groups -OCH3 is 1. The smallest absolute Gasteiger partial charge is 0.260 e. The molecule has 1 aromatic heterocycles. The van der Waals surface area contributed by atoms with Crippen LogP contribution in [0.1, 0.15) is 24.2 Å². The highest BCUT2D eigenvalue weighted by Crippen LogP contribution is 2.34. The Morgan fingerprint density at radius 3 is 2.27 bits per heavy atom. The number of anilines is 1. The van der Waals surface area contributed by atoms with Crippen LogP contribution >= 0.6 is 11.3 Å². The van der Waals surface area contributed by atoms with Crippen LogP contribution in [0.4, 0.5) is 5.13 Å². The lowest BCUT2D eigenvalue weighted by Crippen LogP contribution is -2.36. The van der Waals surface area contributed by atoms with Gasteiger partial charge in [-0.3, -0.25) is 9.69 Å². The second-order valence-electron chi connectivity index (χ2n) is 7.68. The standard InChI is InChI=1S/C23H30N4O4S2/c1-6-26(7-2)33(29,30)18-13-11-17(12-14-18)22(28)27(16-15-25(3)4)23-24-21-19(31-5)9-8-10-20(21)32-23/h8-14H,6-7,15-16H2,1-5H3. The van der Waals surface area contributed by atoms with Gasteiger partial charge >= 0.3 is 0 Å². The predicted molar refractivity (Wildman–Crippen MR) is 133 cm³/mol. The van der Waals surface area contributed by atoms with Crippen molar-refractivity contribution in [2.75, 3.05) is 52.3 Å². The van der Waals surface area contributed by atoms with Gasteiger partial charge in [0.1, 0.15) is 11.3 Å². The van der Waals surface area contributed by atoms with E-state index in [0.717, 1.165) is 4.70 Å². The maximum atomic E-state index is 13.5. The summed E-state index contributed by atoms with van der Waals surface area (Å²) in [5, 5.41) is 0.571. The van der Waals surface area contributed by atoms with Crippen LogP contribution < -0.4 is 9.64 Å². The fourth-order valence-electron chi connectivity index (χ4n) is 3.41. The van der Waals surface area contributed by atoms with Crippen LogP contribution in [0.5, 0.6) is 5.75 Å². The largest absolute Gasteiger partial charge is 0.494 e. The van der Waals surface area contributed by atoms with Crippen LogP contribution in [0, 0.1) is 0 Å². The van der Waals surface area contributed by atoms with E-state index < -0.39 is 10.0 Å². The van der Waals surface area contributed by atoms with Gasteiger partial charge in [0.05, 0.1) is 16.7 Å². The van der Waals surface area contributed by atoms with Crippen LogP contribution in [-0.2, 0) is 10.0 Å². The first-order valence-corrected chi connectivity index (χ1v) is 13.0. The van der Waals surface area contributed by atoms with E-state index >= 15 is 0 Å². The van der Waals surface area contributed by atoms with Gasteiger partial charge in [-0.2, -0.15) is 4.31 Å². The van der Waals surface area contributed by atoms with Crippen molar-refractivity contribution in [3.05, 3.63) is 48.0 Å². The number of sulfonamides is 1. The van der Waals surface area contributed by atoms with Crippen molar-refractivity contribution < 1.29 is 17.9 Å². The molecule has 0 aliphatic rings. The number of aromatic nitrogens is 1. The molecule has 1 heterocycles.